The first-order chi connectivity index (χ1) is 11.9. The predicted octanol–water partition coefficient (Wildman–Crippen LogP) is 2.38. The molecule has 0 spiro atoms. The number of hydrogen-bond acceptors (Lipinski definition) is 4. The molecule has 0 radical (unpaired) electrons. The van der Waals surface area contributed by atoms with Gasteiger partial charge >= 0.3 is 5.97 Å². The molecular formula is C18H18FNO4S. The zero-order valence-corrected chi connectivity index (χ0v) is 14.7. The minimum atomic E-state index is -1.35. The van der Waals surface area contributed by atoms with Gasteiger partial charge in [-0.25, -0.2) is 9.18 Å². The molecule has 2 aromatic rings. The number of carbonyl (C=O) groups is 2. The van der Waals surface area contributed by atoms with E-state index in [0.717, 1.165) is 0 Å². The molecule has 1 amide bonds. The molecule has 2 rings (SSSR count). The maximum absolute atomic E-state index is 13.6. The molecule has 2 aromatic carbocycles. The van der Waals surface area contributed by atoms with Gasteiger partial charge in [0.2, 0.25) is 0 Å². The van der Waals surface area contributed by atoms with E-state index in [1.165, 1.54) is 30.3 Å². The van der Waals surface area contributed by atoms with Crippen LogP contribution >= 0.6 is 0 Å². The summed E-state index contributed by atoms with van der Waals surface area (Å²) in [6.45, 7) is -0.410. The van der Waals surface area contributed by atoms with Crippen LogP contribution in [0.4, 0.5) is 4.39 Å². The van der Waals surface area contributed by atoms with Gasteiger partial charge < -0.3 is 9.64 Å². The molecule has 0 aliphatic rings. The fraction of sp³-hybridized carbons (Fsp3) is 0.222. The number of rotatable bonds is 6. The largest absolute Gasteiger partial charge is 0.452 e. The zero-order chi connectivity index (χ0) is 18.4. The Morgan fingerprint density at radius 1 is 1.12 bits per heavy atom. The molecule has 0 aliphatic heterocycles. The maximum Gasteiger partial charge on any atom is 0.339 e. The number of likely N-dealkylation sites (N-methyl/N-ethyl adjacent to an activating group) is 1. The zero-order valence-electron chi connectivity index (χ0n) is 13.9. The summed E-state index contributed by atoms with van der Waals surface area (Å²) in [5, 5.41) is 0. The van der Waals surface area contributed by atoms with E-state index in [-0.39, 0.29) is 12.1 Å². The quantitative estimate of drug-likeness (QED) is 0.739. The predicted molar refractivity (Wildman–Crippen MR) is 91.9 cm³/mol. The van der Waals surface area contributed by atoms with Crippen molar-refractivity contribution >= 4 is 22.7 Å². The lowest BCUT2D eigenvalue weighted by atomic mass is 10.2. The van der Waals surface area contributed by atoms with Crippen molar-refractivity contribution in [2.45, 2.75) is 11.4 Å². The van der Waals surface area contributed by atoms with Gasteiger partial charge in [-0.05, 0) is 18.2 Å². The molecule has 7 heteroatoms. The highest BCUT2D eigenvalue weighted by molar-refractivity contribution is 7.84. The smallest absolute Gasteiger partial charge is 0.339 e. The highest BCUT2D eigenvalue weighted by Gasteiger charge is 2.18. The Balaban J connectivity index is 1.96. The fourth-order valence-corrected chi connectivity index (χ4v) is 2.90. The second-order valence-corrected chi connectivity index (χ2v) is 6.72. The third-order valence-corrected chi connectivity index (χ3v) is 4.51. The number of benzene rings is 2. The van der Waals surface area contributed by atoms with Gasteiger partial charge in [0.15, 0.2) is 6.61 Å². The summed E-state index contributed by atoms with van der Waals surface area (Å²) in [7, 11) is 0.146. The summed E-state index contributed by atoms with van der Waals surface area (Å²) in [6, 6.07) is 12.5. The topological polar surface area (TPSA) is 63.7 Å². The molecule has 132 valence electrons. The normalized spacial score (nSPS) is 11.6. The van der Waals surface area contributed by atoms with Crippen molar-refractivity contribution in [3.05, 3.63) is 65.5 Å². The molecule has 0 bridgehead atoms. The van der Waals surface area contributed by atoms with E-state index in [1.54, 1.807) is 36.4 Å². The van der Waals surface area contributed by atoms with Gasteiger partial charge in [0, 0.05) is 25.4 Å². The molecule has 0 aromatic heterocycles. The Hall–Kier alpha value is -2.54. The van der Waals surface area contributed by atoms with Crippen LogP contribution in [0.1, 0.15) is 15.9 Å². The number of amides is 1. The van der Waals surface area contributed by atoms with Crippen LogP contribution in [0.5, 0.6) is 0 Å². The van der Waals surface area contributed by atoms with Gasteiger partial charge in [0.1, 0.15) is 5.82 Å². The Labute approximate surface area is 147 Å². The van der Waals surface area contributed by atoms with Gasteiger partial charge in [-0.1, -0.05) is 30.3 Å². The molecule has 0 heterocycles. The lowest BCUT2D eigenvalue weighted by Crippen LogP contribution is -2.31. The van der Waals surface area contributed by atoms with E-state index in [9.17, 15) is 18.2 Å². The summed E-state index contributed by atoms with van der Waals surface area (Å²) >= 11 is 0. The number of halogens is 1. The van der Waals surface area contributed by atoms with Gasteiger partial charge in [0.25, 0.3) is 5.91 Å². The third-order valence-electron chi connectivity index (χ3n) is 3.53. The molecule has 1 atom stereocenters. The Morgan fingerprint density at radius 3 is 2.44 bits per heavy atom. The van der Waals surface area contributed by atoms with Crippen LogP contribution in [-0.2, 0) is 26.9 Å². The first-order valence-electron chi connectivity index (χ1n) is 7.47. The average Bonchev–Trinajstić information content (AvgIpc) is 2.61. The highest BCUT2D eigenvalue weighted by atomic mass is 32.2. The van der Waals surface area contributed by atoms with Crippen molar-refractivity contribution in [3.63, 3.8) is 0 Å². The SMILES string of the molecule is CN(Cc1ccccc1F)C(=O)COC(=O)c1ccccc1[S@@](C)=O. The van der Waals surface area contributed by atoms with Crippen LogP contribution < -0.4 is 0 Å². The van der Waals surface area contributed by atoms with E-state index in [2.05, 4.69) is 0 Å². The van der Waals surface area contributed by atoms with E-state index >= 15 is 0 Å². The van der Waals surface area contributed by atoms with E-state index in [4.69, 9.17) is 4.74 Å². The summed E-state index contributed by atoms with van der Waals surface area (Å²) in [6.07, 6.45) is 1.46. The second kappa shape index (κ2) is 8.53. The lowest BCUT2D eigenvalue weighted by Gasteiger charge is -2.17. The summed E-state index contributed by atoms with van der Waals surface area (Å²) in [4.78, 5) is 25.8. The molecule has 0 aliphatic carbocycles. The summed E-state index contributed by atoms with van der Waals surface area (Å²) < 4.78 is 30.3. The minimum Gasteiger partial charge on any atom is -0.452 e. The standard InChI is InChI=1S/C18H18FNO4S/c1-20(11-13-7-3-5-9-15(13)19)17(21)12-24-18(22)14-8-4-6-10-16(14)25(2)23/h3-10H,11-12H2,1-2H3/t25-/m1/s1. The fourth-order valence-electron chi connectivity index (χ4n) is 2.17. The van der Waals surface area contributed by atoms with Crippen molar-refractivity contribution < 1.29 is 22.9 Å². The Kier molecular flexibility index (Phi) is 6.41. The van der Waals surface area contributed by atoms with Crippen molar-refractivity contribution in [1.82, 2.24) is 4.90 Å². The first-order valence-corrected chi connectivity index (χ1v) is 9.03. The number of esters is 1. The van der Waals surface area contributed by atoms with Crippen LogP contribution in [-0.4, -0.2) is 40.9 Å². The second-order valence-electron chi connectivity index (χ2n) is 5.37. The van der Waals surface area contributed by atoms with Crippen molar-refractivity contribution in [3.8, 4) is 0 Å². The van der Waals surface area contributed by atoms with Gasteiger partial charge in [-0.15, -0.1) is 0 Å². The first kappa shape index (κ1) is 18.8. The van der Waals surface area contributed by atoms with E-state index in [1.807, 2.05) is 0 Å². The summed E-state index contributed by atoms with van der Waals surface area (Å²) in [5.41, 5.74) is 0.532. The van der Waals surface area contributed by atoms with Crippen LogP contribution in [0.2, 0.25) is 0 Å². The molecule has 0 unspecified atom stereocenters. The van der Waals surface area contributed by atoms with Gasteiger partial charge in [-0.2, -0.15) is 0 Å². The van der Waals surface area contributed by atoms with Crippen LogP contribution in [0, 0.1) is 5.82 Å². The maximum atomic E-state index is 13.6. The average molecular weight is 363 g/mol. The molecule has 25 heavy (non-hydrogen) atoms. The van der Waals surface area contributed by atoms with E-state index < -0.39 is 35.1 Å². The molecule has 0 N–H and O–H groups in total. The molecule has 0 saturated carbocycles. The number of hydrogen-bond donors (Lipinski definition) is 0. The minimum absolute atomic E-state index is 0.0681. The summed E-state index contributed by atoms with van der Waals surface area (Å²) in [5.74, 6) is -1.59. The van der Waals surface area contributed by atoms with E-state index in [0.29, 0.717) is 10.5 Å². The monoisotopic (exact) mass is 363 g/mol. The van der Waals surface area contributed by atoms with Crippen molar-refractivity contribution in [2.24, 2.45) is 0 Å². The van der Waals surface area contributed by atoms with Gasteiger partial charge in [-0.3, -0.25) is 9.00 Å². The van der Waals surface area contributed by atoms with Crippen LogP contribution in [0.15, 0.2) is 53.4 Å². The number of carbonyl (C=O) groups excluding carboxylic acids is 2. The molecule has 0 saturated heterocycles. The number of nitrogens with zero attached hydrogens (tertiary/aromatic N) is 1. The van der Waals surface area contributed by atoms with Crippen LogP contribution in [0.25, 0.3) is 0 Å². The molecule has 5 nitrogen and oxygen atoms in total. The Morgan fingerprint density at radius 2 is 1.76 bits per heavy atom. The molecular weight excluding hydrogens is 345 g/mol. The third kappa shape index (κ3) is 4.96. The highest BCUT2D eigenvalue weighted by Crippen LogP contribution is 2.14. The van der Waals surface area contributed by atoms with Crippen molar-refractivity contribution in [1.29, 1.82) is 0 Å². The van der Waals surface area contributed by atoms with Crippen molar-refractivity contribution in [2.75, 3.05) is 19.9 Å². The Bertz CT molecular complexity index is 809. The molecule has 0 fully saturated rings. The van der Waals surface area contributed by atoms with Gasteiger partial charge in [0.05, 0.1) is 21.3 Å². The lowest BCUT2D eigenvalue weighted by molar-refractivity contribution is -0.133. The number of ether oxygens (including phenoxy) is 1. The van der Waals surface area contributed by atoms with Crippen LogP contribution in [0.3, 0.4) is 0 Å².